The Morgan fingerprint density at radius 1 is 0.444 bits per heavy atom. The van der Waals surface area contributed by atoms with E-state index in [0.29, 0.717) is 0 Å². The summed E-state index contributed by atoms with van der Waals surface area (Å²) in [4.78, 5) is 2.53. The van der Waals surface area contributed by atoms with Gasteiger partial charge < -0.3 is 4.90 Å². The average molecular weight is 594 g/mol. The average Bonchev–Trinajstić information content (AvgIpc) is 3.59. The Balaban J connectivity index is 1.40. The normalized spacial score (nSPS) is 13.3. The summed E-state index contributed by atoms with van der Waals surface area (Å²) < 4.78 is 2.66. The van der Waals surface area contributed by atoms with Crippen molar-refractivity contribution < 1.29 is 0 Å². The molecular formula is C43H31NS. The lowest BCUT2D eigenvalue weighted by Crippen LogP contribution is -2.16. The zero-order valence-electron chi connectivity index (χ0n) is 25.3. The Morgan fingerprint density at radius 3 is 1.98 bits per heavy atom. The van der Waals surface area contributed by atoms with Gasteiger partial charge in [0.25, 0.3) is 0 Å². The SMILES string of the molecule is CC1(C)c2ccccc2-c2c(N(c3ccccc3-c3ccccc3)c3cccc4c3ccc3sc5ccccc5c34)cccc21. The molecule has 0 unspecified atom stereocenters. The van der Waals surface area contributed by atoms with Crippen molar-refractivity contribution in [3.05, 3.63) is 163 Å². The molecule has 0 saturated heterocycles. The molecule has 45 heavy (non-hydrogen) atoms. The largest absolute Gasteiger partial charge is 0.309 e. The number of hydrogen-bond donors (Lipinski definition) is 0. The molecule has 0 bridgehead atoms. The fourth-order valence-corrected chi connectivity index (χ4v) is 8.72. The maximum absolute atomic E-state index is 2.53. The maximum atomic E-state index is 2.53. The molecule has 2 heteroatoms. The van der Waals surface area contributed by atoms with Gasteiger partial charge in [-0.25, -0.2) is 0 Å². The third-order valence-corrected chi connectivity index (χ3v) is 10.8. The number of nitrogens with zero attached hydrogens (tertiary/aromatic N) is 1. The van der Waals surface area contributed by atoms with Gasteiger partial charge >= 0.3 is 0 Å². The number of anilines is 3. The lowest BCUT2D eigenvalue weighted by molar-refractivity contribution is 0.660. The molecule has 0 fully saturated rings. The van der Waals surface area contributed by atoms with Gasteiger partial charge in [-0.05, 0) is 58.0 Å². The van der Waals surface area contributed by atoms with Gasteiger partial charge in [0.1, 0.15) is 0 Å². The molecule has 9 rings (SSSR count). The molecule has 1 heterocycles. The molecule has 7 aromatic carbocycles. The number of benzene rings is 7. The van der Waals surface area contributed by atoms with Crippen LogP contribution in [0.3, 0.4) is 0 Å². The van der Waals surface area contributed by atoms with Crippen molar-refractivity contribution in [3.63, 3.8) is 0 Å². The Kier molecular flexibility index (Phi) is 5.78. The van der Waals surface area contributed by atoms with Crippen molar-refractivity contribution in [1.29, 1.82) is 0 Å². The summed E-state index contributed by atoms with van der Waals surface area (Å²) >= 11 is 1.88. The molecule has 8 aromatic rings. The molecule has 0 spiro atoms. The molecule has 0 amide bonds. The van der Waals surface area contributed by atoms with Gasteiger partial charge in [-0.3, -0.25) is 0 Å². The minimum atomic E-state index is -0.0902. The molecule has 0 aliphatic heterocycles. The zero-order valence-corrected chi connectivity index (χ0v) is 26.1. The van der Waals surface area contributed by atoms with Crippen molar-refractivity contribution >= 4 is 59.3 Å². The van der Waals surface area contributed by atoms with E-state index in [2.05, 4.69) is 170 Å². The summed E-state index contributed by atoms with van der Waals surface area (Å²) in [6.45, 7) is 4.72. The molecule has 1 nitrogen and oxygen atoms in total. The topological polar surface area (TPSA) is 3.24 Å². The van der Waals surface area contributed by atoms with Gasteiger partial charge in [0, 0.05) is 42.1 Å². The van der Waals surface area contributed by atoms with Crippen molar-refractivity contribution in [2.24, 2.45) is 0 Å². The van der Waals surface area contributed by atoms with Crippen LogP contribution in [0.15, 0.2) is 152 Å². The summed E-state index contributed by atoms with van der Waals surface area (Å²) in [6.07, 6.45) is 0. The number of para-hydroxylation sites is 1. The highest BCUT2D eigenvalue weighted by Gasteiger charge is 2.38. The van der Waals surface area contributed by atoms with Crippen molar-refractivity contribution in [2.75, 3.05) is 4.90 Å². The van der Waals surface area contributed by atoms with E-state index >= 15 is 0 Å². The predicted octanol–water partition coefficient (Wildman–Crippen LogP) is 12.7. The molecule has 214 valence electrons. The van der Waals surface area contributed by atoms with E-state index in [4.69, 9.17) is 0 Å². The third kappa shape index (κ3) is 3.86. The molecule has 0 radical (unpaired) electrons. The van der Waals surface area contributed by atoms with Gasteiger partial charge in [-0.2, -0.15) is 0 Å². The highest BCUT2D eigenvalue weighted by atomic mass is 32.1. The van der Waals surface area contributed by atoms with E-state index in [1.807, 2.05) is 11.3 Å². The maximum Gasteiger partial charge on any atom is 0.0543 e. The van der Waals surface area contributed by atoms with Gasteiger partial charge in [0.15, 0.2) is 0 Å². The molecule has 0 atom stereocenters. The monoisotopic (exact) mass is 593 g/mol. The Labute approximate surface area is 267 Å². The van der Waals surface area contributed by atoms with Crippen LogP contribution >= 0.6 is 11.3 Å². The minimum absolute atomic E-state index is 0.0902. The summed E-state index contributed by atoms with van der Waals surface area (Å²) in [5.74, 6) is 0. The second-order valence-corrected chi connectivity index (χ2v) is 13.6. The van der Waals surface area contributed by atoms with E-state index < -0.39 is 0 Å². The summed E-state index contributed by atoms with van der Waals surface area (Å²) in [5.41, 5.74) is 11.3. The number of rotatable bonds is 4. The van der Waals surface area contributed by atoms with Crippen LogP contribution in [0, 0.1) is 0 Å². The Bertz CT molecular complexity index is 2410. The highest BCUT2D eigenvalue weighted by Crippen LogP contribution is 2.55. The van der Waals surface area contributed by atoms with Crippen LogP contribution in [0.1, 0.15) is 25.0 Å². The Morgan fingerprint density at radius 2 is 1.09 bits per heavy atom. The first-order chi connectivity index (χ1) is 22.1. The number of thiophene rings is 1. The van der Waals surface area contributed by atoms with Gasteiger partial charge in [-0.15, -0.1) is 11.3 Å². The van der Waals surface area contributed by atoms with Gasteiger partial charge in [0.05, 0.1) is 17.1 Å². The van der Waals surface area contributed by atoms with E-state index in [9.17, 15) is 0 Å². The molecule has 1 aliphatic carbocycles. The number of hydrogen-bond acceptors (Lipinski definition) is 2. The van der Waals surface area contributed by atoms with Crippen LogP contribution in [0.25, 0.3) is 53.2 Å². The minimum Gasteiger partial charge on any atom is -0.309 e. The van der Waals surface area contributed by atoms with E-state index in [-0.39, 0.29) is 5.41 Å². The van der Waals surface area contributed by atoms with Crippen molar-refractivity contribution in [2.45, 2.75) is 19.3 Å². The summed E-state index contributed by atoms with van der Waals surface area (Å²) in [5, 5.41) is 5.21. The highest BCUT2D eigenvalue weighted by molar-refractivity contribution is 7.26. The van der Waals surface area contributed by atoms with Crippen LogP contribution < -0.4 is 4.90 Å². The van der Waals surface area contributed by atoms with Crippen LogP contribution in [0.4, 0.5) is 17.1 Å². The lowest BCUT2D eigenvalue weighted by atomic mass is 9.82. The second-order valence-electron chi connectivity index (χ2n) is 12.5. The van der Waals surface area contributed by atoms with Crippen LogP contribution in [-0.2, 0) is 5.41 Å². The molecule has 1 aromatic heterocycles. The fourth-order valence-electron chi connectivity index (χ4n) is 7.60. The second kappa shape index (κ2) is 9.92. The quantitative estimate of drug-likeness (QED) is 0.196. The van der Waals surface area contributed by atoms with E-state index in [1.54, 1.807) is 0 Å². The first-order valence-electron chi connectivity index (χ1n) is 15.6. The van der Waals surface area contributed by atoms with E-state index in [0.717, 1.165) is 0 Å². The first-order valence-corrected chi connectivity index (χ1v) is 16.4. The van der Waals surface area contributed by atoms with Gasteiger partial charge in [0.2, 0.25) is 0 Å². The Hall–Kier alpha value is -5.18. The molecule has 0 saturated carbocycles. The molecular weight excluding hydrogens is 563 g/mol. The standard InChI is InChI=1S/C43H31NS/c1-43(2)34-20-9-6-17-32(34)42-35(43)21-13-24-38(42)44(36-22-10-7-16-29(36)28-14-4-3-5-15-28)37-23-12-19-31-30(37)26-27-40-41(31)33-18-8-11-25-39(33)45-40/h3-27H,1-2H3. The third-order valence-electron chi connectivity index (χ3n) is 9.67. The lowest BCUT2D eigenvalue weighted by Gasteiger charge is -2.31. The van der Waals surface area contributed by atoms with Gasteiger partial charge in [-0.1, -0.05) is 135 Å². The number of fused-ring (bicyclic) bond motifs is 8. The van der Waals surface area contributed by atoms with Crippen LogP contribution in [0.5, 0.6) is 0 Å². The fraction of sp³-hybridized carbons (Fsp3) is 0.0698. The smallest absolute Gasteiger partial charge is 0.0543 e. The predicted molar refractivity (Wildman–Crippen MR) is 195 cm³/mol. The molecule has 0 N–H and O–H groups in total. The van der Waals surface area contributed by atoms with Crippen molar-refractivity contribution in [1.82, 2.24) is 0 Å². The zero-order chi connectivity index (χ0) is 30.1. The van der Waals surface area contributed by atoms with Crippen molar-refractivity contribution in [3.8, 4) is 22.3 Å². The van der Waals surface area contributed by atoms with E-state index in [1.165, 1.54) is 81.4 Å². The first kappa shape index (κ1) is 26.2. The molecule has 1 aliphatic rings. The summed E-state index contributed by atoms with van der Waals surface area (Å²) in [6, 6.07) is 55.8. The summed E-state index contributed by atoms with van der Waals surface area (Å²) in [7, 11) is 0. The van der Waals surface area contributed by atoms with Crippen LogP contribution in [0.2, 0.25) is 0 Å². The van der Waals surface area contributed by atoms with Crippen LogP contribution in [-0.4, -0.2) is 0 Å².